The van der Waals surface area contributed by atoms with Gasteiger partial charge in [0.25, 0.3) is 0 Å². The van der Waals surface area contributed by atoms with Crippen molar-refractivity contribution in [2.24, 2.45) is 5.41 Å². The third kappa shape index (κ3) is 4.28. The highest BCUT2D eigenvalue weighted by atomic mass is 19.1. The van der Waals surface area contributed by atoms with Gasteiger partial charge in [0, 0.05) is 51.5 Å². The lowest BCUT2D eigenvalue weighted by Crippen LogP contribution is -2.27. The van der Waals surface area contributed by atoms with Crippen LogP contribution in [0.1, 0.15) is 20.8 Å². The highest BCUT2D eigenvalue weighted by molar-refractivity contribution is 6.01. The van der Waals surface area contributed by atoms with Crippen LogP contribution in [-0.2, 0) is 4.79 Å². The number of hydrogen-bond acceptors (Lipinski definition) is 5. The number of aromatic nitrogens is 6. The number of anilines is 1. The molecule has 8 nitrogen and oxygen atoms in total. The van der Waals surface area contributed by atoms with Gasteiger partial charge >= 0.3 is 0 Å². The number of fused-ring (bicyclic) bond motifs is 2. The highest BCUT2D eigenvalue weighted by Crippen LogP contribution is 2.34. The molecule has 0 bridgehead atoms. The average Bonchev–Trinajstić information content (AvgIpc) is 3.52. The molecule has 9 heteroatoms. The van der Waals surface area contributed by atoms with Crippen LogP contribution in [0.5, 0.6) is 0 Å². The standard InChI is InChI=1S/C29H24FN7O/c1-29(2,3)28(38)34-20-8-17(11-31-13-20)18-9-22-26(36-37-27(22)33-12-18)24-10-21-23(14-32-15-25(21)35-24)16-5-4-6-19(30)7-16/h4-15,35H,1-3H3,(H,34,38)(H,33,36,37). The van der Waals surface area contributed by atoms with Gasteiger partial charge in [0.05, 0.1) is 29.3 Å². The van der Waals surface area contributed by atoms with Crippen LogP contribution in [0.3, 0.4) is 0 Å². The Hall–Kier alpha value is -4.92. The zero-order valence-corrected chi connectivity index (χ0v) is 21.0. The zero-order valence-electron chi connectivity index (χ0n) is 21.0. The molecule has 0 aliphatic heterocycles. The first-order valence-electron chi connectivity index (χ1n) is 12.1. The normalized spacial score (nSPS) is 11.8. The Labute approximate surface area is 217 Å². The number of halogens is 1. The van der Waals surface area contributed by atoms with Crippen molar-refractivity contribution in [2.75, 3.05) is 5.32 Å². The summed E-state index contributed by atoms with van der Waals surface area (Å²) in [6.45, 7) is 5.58. The van der Waals surface area contributed by atoms with Crippen molar-refractivity contribution >= 4 is 33.5 Å². The van der Waals surface area contributed by atoms with E-state index < -0.39 is 5.41 Å². The van der Waals surface area contributed by atoms with Crippen LogP contribution < -0.4 is 5.32 Å². The van der Waals surface area contributed by atoms with Gasteiger partial charge < -0.3 is 10.3 Å². The minimum atomic E-state index is -0.522. The minimum absolute atomic E-state index is 0.0898. The van der Waals surface area contributed by atoms with Crippen LogP contribution in [0.2, 0.25) is 0 Å². The van der Waals surface area contributed by atoms with Crippen molar-refractivity contribution in [3.05, 3.63) is 79.3 Å². The van der Waals surface area contributed by atoms with Crippen LogP contribution >= 0.6 is 0 Å². The Morgan fingerprint density at radius 3 is 2.53 bits per heavy atom. The molecule has 6 aromatic rings. The van der Waals surface area contributed by atoms with Gasteiger partial charge in [-0.05, 0) is 35.9 Å². The van der Waals surface area contributed by atoms with Gasteiger partial charge in [0.2, 0.25) is 5.91 Å². The fourth-order valence-electron chi connectivity index (χ4n) is 4.32. The van der Waals surface area contributed by atoms with Crippen molar-refractivity contribution in [1.29, 1.82) is 0 Å². The third-order valence-corrected chi connectivity index (χ3v) is 6.36. The van der Waals surface area contributed by atoms with E-state index in [4.69, 9.17) is 0 Å². The summed E-state index contributed by atoms with van der Waals surface area (Å²) in [6.07, 6.45) is 8.57. The number of rotatable bonds is 4. The fraction of sp³-hybridized carbons (Fsp3) is 0.138. The van der Waals surface area contributed by atoms with E-state index in [0.29, 0.717) is 17.0 Å². The molecular weight excluding hydrogens is 481 g/mol. The minimum Gasteiger partial charge on any atom is -0.352 e. The number of hydrogen-bond donors (Lipinski definition) is 3. The molecular formula is C29H24FN7O. The van der Waals surface area contributed by atoms with E-state index >= 15 is 0 Å². The number of pyridine rings is 3. The van der Waals surface area contributed by atoms with E-state index in [2.05, 4.69) is 35.5 Å². The molecule has 38 heavy (non-hydrogen) atoms. The van der Waals surface area contributed by atoms with Crippen LogP contribution in [0, 0.1) is 11.2 Å². The second-order valence-electron chi connectivity index (χ2n) is 10.2. The molecule has 0 saturated carbocycles. The van der Waals surface area contributed by atoms with Crippen LogP contribution in [0.15, 0.2) is 73.4 Å². The Morgan fingerprint density at radius 1 is 0.895 bits per heavy atom. The van der Waals surface area contributed by atoms with Crippen LogP contribution in [0.25, 0.3) is 55.6 Å². The molecule has 0 fully saturated rings. The van der Waals surface area contributed by atoms with Crippen LogP contribution in [0.4, 0.5) is 10.1 Å². The Balaban J connectivity index is 1.40. The summed E-state index contributed by atoms with van der Waals surface area (Å²) < 4.78 is 13.9. The van der Waals surface area contributed by atoms with Gasteiger partial charge in [-0.3, -0.25) is 19.9 Å². The molecule has 0 radical (unpaired) electrons. The second kappa shape index (κ2) is 8.88. The predicted octanol–water partition coefficient (Wildman–Crippen LogP) is 6.35. The van der Waals surface area contributed by atoms with Gasteiger partial charge in [-0.2, -0.15) is 5.10 Å². The van der Waals surface area contributed by atoms with Gasteiger partial charge in [-0.25, -0.2) is 9.37 Å². The third-order valence-electron chi connectivity index (χ3n) is 6.36. The lowest BCUT2D eigenvalue weighted by atomic mass is 9.95. The zero-order chi connectivity index (χ0) is 26.4. The first kappa shape index (κ1) is 23.5. The van der Waals surface area contributed by atoms with E-state index in [1.807, 2.05) is 45.0 Å². The van der Waals surface area contributed by atoms with Gasteiger partial charge in [-0.15, -0.1) is 0 Å². The average molecular weight is 506 g/mol. The van der Waals surface area contributed by atoms with Crippen molar-refractivity contribution in [2.45, 2.75) is 20.8 Å². The summed E-state index contributed by atoms with van der Waals surface area (Å²) in [7, 11) is 0. The van der Waals surface area contributed by atoms with E-state index in [1.54, 1.807) is 37.1 Å². The van der Waals surface area contributed by atoms with E-state index in [9.17, 15) is 9.18 Å². The maximum atomic E-state index is 13.9. The first-order valence-corrected chi connectivity index (χ1v) is 12.1. The largest absolute Gasteiger partial charge is 0.352 e. The summed E-state index contributed by atoms with van der Waals surface area (Å²) in [6, 6.07) is 12.3. The molecule has 3 N–H and O–H groups in total. The van der Waals surface area contributed by atoms with Gasteiger partial charge in [-0.1, -0.05) is 32.9 Å². The number of benzene rings is 1. The quantitative estimate of drug-likeness (QED) is 0.258. The molecule has 0 atom stereocenters. The van der Waals surface area contributed by atoms with Crippen molar-refractivity contribution in [1.82, 2.24) is 30.1 Å². The van der Waals surface area contributed by atoms with Crippen molar-refractivity contribution < 1.29 is 9.18 Å². The summed E-state index contributed by atoms with van der Waals surface area (Å²) in [5.74, 6) is -0.392. The molecule has 0 aliphatic rings. The van der Waals surface area contributed by atoms with Crippen molar-refractivity contribution in [3.63, 3.8) is 0 Å². The van der Waals surface area contributed by atoms with E-state index in [1.165, 1.54) is 12.1 Å². The number of aromatic amines is 2. The highest BCUT2D eigenvalue weighted by Gasteiger charge is 2.21. The molecule has 1 amide bonds. The topological polar surface area (TPSA) is 112 Å². The number of carbonyl (C=O) groups is 1. The molecule has 6 rings (SSSR count). The SMILES string of the molecule is CC(C)(C)C(=O)Nc1cncc(-c2cnc3[nH]nc(-c4cc5c(-c6cccc(F)c6)cncc5[nH]4)c3c2)c1. The monoisotopic (exact) mass is 505 g/mol. The summed E-state index contributed by atoms with van der Waals surface area (Å²) in [5, 5.41) is 12.2. The first-order chi connectivity index (χ1) is 18.3. The second-order valence-corrected chi connectivity index (χ2v) is 10.2. The van der Waals surface area contributed by atoms with Gasteiger partial charge in [0.1, 0.15) is 11.5 Å². The predicted molar refractivity (Wildman–Crippen MR) is 146 cm³/mol. The Kier molecular flexibility index (Phi) is 5.48. The molecule has 0 saturated heterocycles. The molecule has 0 spiro atoms. The fourth-order valence-corrected chi connectivity index (χ4v) is 4.32. The molecule has 1 aromatic carbocycles. The van der Waals surface area contributed by atoms with Crippen molar-refractivity contribution in [3.8, 4) is 33.6 Å². The van der Waals surface area contributed by atoms with E-state index in [0.717, 1.165) is 44.2 Å². The van der Waals surface area contributed by atoms with E-state index in [-0.39, 0.29) is 11.7 Å². The molecule has 188 valence electrons. The summed E-state index contributed by atoms with van der Waals surface area (Å²) >= 11 is 0. The molecule has 0 unspecified atom stereocenters. The Bertz CT molecular complexity index is 1830. The lowest BCUT2D eigenvalue weighted by Gasteiger charge is -2.17. The number of carbonyl (C=O) groups excluding carboxylic acids is 1. The smallest absolute Gasteiger partial charge is 0.229 e. The maximum absolute atomic E-state index is 13.9. The number of amides is 1. The number of nitrogens with zero attached hydrogens (tertiary/aromatic N) is 4. The molecule has 5 aromatic heterocycles. The number of H-pyrrole nitrogens is 2. The maximum Gasteiger partial charge on any atom is 0.229 e. The molecule has 5 heterocycles. The Morgan fingerprint density at radius 2 is 1.71 bits per heavy atom. The number of nitrogens with one attached hydrogen (secondary N) is 3. The van der Waals surface area contributed by atoms with Crippen LogP contribution in [-0.4, -0.2) is 36.0 Å². The summed E-state index contributed by atoms with van der Waals surface area (Å²) in [5.41, 5.74) is 6.23. The summed E-state index contributed by atoms with van der Waals surface area (Å²) in [4.78, 5) is 29.0. The van der Waals surface area contributed by atoms with Gasteiger partial charge in [0.15, 0.2) is 5.65 Å². The lowest BCUT2D eigenvalue weighted by molar-refractivity contribution is -0.123. The molecule has 0 aliphatic carbocycles.